The summed E-state index contributed by atoms with van der Waals surface area (Å²) in [6, 6.07) is 5.48. The molecule has 1 unspecified atom stereocenters. The van der Waals surface area contributed by atoms with Gasteiger partial charge in [0.25, 0.3) is 0 Å². The Morgan fingerprint density at radius 2 is 2.37 bits per heavy atom. The van der Waals surface area contributed by atoms with E-state index in [2.05, 4.69) is 15.3 Å². The number of aromatic nitrogens is 1. The van der Waals surface area contributed by atoms with E-state index in [4.69, 9.17) is 4.74 Å². The highest BCUT2D eigenvalue weighted by Crippen LogP contribution is 2.24. The molecule has 0 aliphatic carbocycles. The normalized spacial score (nSPS) is 22.2. The van der Waals surface area contributed by atoms with Crippen molar-refractivity contribution in [3.8, 4) is 0 Å². The van der Waals surface area contributed by atoms with E-state index in [-0.39, 0.29) is 11.3 Å². The van der Waals surface area contributed by atoms with Crippen LogP contribution in [0.25, 0.3) is 0 Å². The average Bonchev–Trinajstić information content (AvgIpc) is 3.01. The van der Waals surface area contributed by atoms with Crippen LogP contribution in [0.2, 0.25) is 0 Å². The third-order valence-electron chi connectivity index (χ3n) is 3.05. The molecule has 1 aromatic rings. The molecule has 0 amide bonds. The van der Waals surface area contributed by atoms with Crippen molar-refractivity contribution in [1.29, 1.82) is 0 Å². The molecule has 0 spiro atoms. The number of nitrogens with zero attached hydrogens (tertiary/aromatic N) is 2. The zero-order chi connectivity index (χ0) is 13.2. The van der Waals surface area contributed by atoms with Crippen molar-refractivity contribution in [2.24, 2.45) is 4.99 Å². The third-order valence-corrected chi connectivity index (χ3v) is 3.05. The van der Waals surface area contributed by atoms with Crippen molar-refractivity contribution in [2.75, 3.05) is 13.1 Å². The van der Waals surface area contributed by atoms with Crippen LogP contribution >= 0.6 is 0 Å². The van der Waals surface area contributed by atoms with Gasteiger partial charge in [-0.05, 0) is 12.1 Å². The van der Waals surface area contributed by atoms with E-state index in [1.165, 1.54) is 0 Å². The van der Waals surface area contributed by atoms with E-state index in [1.54, 1.807) is 6.20 Å². The summed E-state index contributed by atoms with van der Waals surface area (Å²) in [5.74, 6) is -0.179. The molecule has 6 heteroatoms. The Kier molecular flexibility index (Phi) is 2.91. The SMILES string of the molecule is O=C1OC(Cc2ccccn2)C(O)=C1C1=NCCN1. The van der Waals surface area contributed by atoms with Gasteiger partial charge in [-0.15, -0.1) is 0 Å². The first-order chi connectivity index (χ1) is 9.25. The van der Waals surface area contributed by atoms with E-state index in [0.717, 1.165) is 5.69 Å². The lowest BCUT2D eigenvalue weighted by molar-refractivity contribution is -0.139. The lowest BCUT2D eigenvalue weighted by Gasteiger charge is -2.08. The summed E-state index contributed by atoms with van der Waals surface area (Å²) in [4.78, 5) is 20.1. The maximum Gasteiger partial charge on any atom is 0.346 e. The van der Waals surface area contributed by atoms with Gasteiger partial charge in [0, 0.05) is 24.9 Å². The first-order valence-electron chi connectivity index (χ1n) is 6.08. The number of cyclic esters (lactones) is 1. The predicted molar refractivity (Wildman–Crippen MR) is 67.8 cm³/mol. The van der Waals surface area contributed by atoms with Gasteiger partial charge in [-0.3, -0.25) is 9.98 Å². The lowest BCUT2D eigenvalue weighted by Crippen LogP contribution is -2.24. The number of hydrogen-bond acceptors (Lipinski definition) is 6. The highest BCUT2D eigenvalue weighted by atomic mass is 16.6. The van der Waals surface area contributed by atoms with E-state index >= 15 is 0 Å². The predicted octanol–water partition coefficient (Wildman–Crippen LogP) is 0.363. The molecule has 98 valence electrons. The van der Waals surface area contributed by atoms with Crippen LogP contribution < -0.4 is 5.32 Å². The number of nitrogens with one attached hydrogen (secondary N) is 1. The summed E-state index contributed by atoms with van der Waals surface area (Å²) in [6.07, 6.45) is 1.34. The van der Waals surface area contributed by atoms with Crippen molar-refractivity contribution in [1.82, 2.24) is 10.3 Å². The summed E-state index contributed by atoms with van der Waals surface area (Å²) in [7, 11) is 0. The van der Waals surface area contributed by atoms with Gasteiger partial charge in [0.2, 0.25) is 0 Å². The number of pyridine rings is 1. The second-order valence-corrected chi connectivity index (χ2v) is 4.34. The maximum absolute atomic E-state index is 11.8. The highest BCUT2D eigenvalue weighted by Gasteiger charge is 2.37. The molecule has 0 radical (unpaired) electrons. The number of aliphatic imine (C=N–C) groups is 1. The van der Waals surface area contributed by atoms with E-state index in [0.29, 0.717) is 25.3 Å². The Labute approximate surface area is 109 Å². The number of hydrogen-bond donors (Lipinski definition) is 2. The Hall–Kier alpha value is -2.37. The zero-order valence-electron chi connectivity index (χ0n) is 10.2. The number of carbonyl (C=O) groups is 1. The van der Waals surface area contributed by atoms with E-state index in [1.807, 2.05) is 18.2 Å². The third kappa shape index (κ3) is 2.16. The molecule has 3 heterocycles. The quantitative estimate of drug-likeness (QED) is 0.766. The molecule has 1 atom stereocenters. The molecular weight excluding hydrogens is 246 g/mol. The number of carbonyl (C=O) groups excluding carboxylic acids is 1. The summed E-state index contributed by atoms with van der Waals surface area (Å²) in [5.41, 5.74) is 0.910. The monoisotopic (exact) mass is 259 g/mol. The topological polar surface area (TPSA) is 83.8 Å². The minimum atomic E-state index is -0.678. The van der Waals surface area contributed by atoms with E-state index in [9.17, 15) is 9.90 Å². The number of aliphatic hydroxyl groups excluding tert-OH is 1. The largest absolute Gasteiger partial charge is 0.507 e. The van der Waals surface area contributed by atoms with Crippen molar-refractivity contribution < 1.29 is 14.6 Å². The fraction of sp³-hybridized carbons (Fsp3) is 0.308. The van der Waals surface area contributed by atoms with E-state index < -0.39 is 12.1 Å². The molecule has 0 bridgehead atoms. The van der Waals surface area contributed by atoms with Crippen molar-refractivity contribution in [3.05, 3.63) is 41.4 Å². The Morgan fingerprint density at radius 1 is 1.47 bits per heavy atom. The van der Waals surface area contributed by atoms with Crippen molar-refractivity contribution in [3.63, 3.8) is 0 Å². The van der Waals surface area contributed by atoms with Crippen LogP contribution in [-0.2, 0) is 16.0 Å². The van der Waals surface area contributed by atoms with Gasteiger partial charge in [0.1, 0.15) is 11.4 Å². The summed E-state index contributed by atoms with van der Waals surface area (Å²) in [5, 5.41) is 13.1. The van der Waals surface area contributed by atoms with Crippen LogP contribution in [0.5, 0.6) is 0 Å². The second kappa shape index (κ2) is 4.72. The average molecular weight is 259 g/mol. The first-order valence-corrected chi connectivity index (χ1v) is 6.08. The second-order valence-electron chi connectivity index (χ2n) is 4.34. The van der Waals surface area contributed by atoms with Gasteiger partial charge in [-0.2, -0.15) is 0 Å². The molecule has 6 nitrogen and oxygen atoms in total. The van der Waals surface area contributed by atoms with Gasteiger partial charge in [0.05, 0.1) is 6.54 Å². The molecule has 2 N–H and O–H groups in total. The number of esters is 1. The maximum atomic E-state index is 11.8. The Morgan fingerprint density at radius 3 is 3.05 bits per heavy atom. The molecule has 1 aromatic heterocycles. The fourth-order valence-electron chi connectivity index (χ4n) is 2.14. The number of ether oxygens (including phenoxy) is 1. The minimum Gasteiger partial charge on any atom is -0.507 e. The lowest BCUT2D eigenvalue weighted by atomic mass is 10.1. The van der Waals surface area contributed by atoms with Crippen LogP contribution in [0.1, 0.15) is 5.69 Å². The summed E-state index contributed by atoms with van der Waals surface area (Å²) in [6.45, 7) is 1.27. The number of rotatable bonds is 3. The molecule has 0 aromatic carbocycles. The zero-order valence-corrected chi connectivity index (χ0v) is 10.2. The summed E-state index contributed by atoms with van der Waals surface area (Å²) < 4.78 is 5.18. The summed E-state index contributed by atoms with van der Waals surface area (Å²) >= 11 is 0. The van der Waals surface area contributed by atoms with Gasteiger partial charge in [0.15, 0.2) is 11.9 Å². The Bertz CT molecular complexity index is 566. The smallest absolute Gasteiger partial charge is 0.346 e. The van der Waals surface area contributed by atoms with Crippen molar-refractivity contribution in [2.45, 2.75) is 12.5 Å². The molecule has 0 fully saturated rings. The highest BCUT2D eigenvalue weighted by molar-refractivity contribution is 6.20. The van der Waals surface area contributed by atoms with Crippen LogP contribution in [0, 0.1) is 0 Å². The number of aliphatic hydroxyl groups is 1. The van der Waals surface area contributed by atoms with Gasteiger partial charge < -0.3 is 15.2 Å². The standard InChI is InChI=1S/C13H13N3O3/c17-11-9(7-8-3-1-2-4-14-8)19-13(18)10(11)12-15-5-6-16-12/h1-4,9,17H,5-7H2,(H,15,16). The molecule has 0 saturated carbocycles. The van der Waals surface area contributed by atoms with Gasteiger partial charge >= 0.3 is 5.97 Å². The molecule has 3 rings (SSSR count). The fourth-order valence-corrected chi connectivity index (χ4v) is 2.14. The van der Waals surface area contributed by atoms with Crippen LogP contribution in [0.3, 0.4) is 0 Å². The Balaban J connectivity index is 1.83. The van der Waals surface area contributed by atoms with Crippen molar-refractivity contribution >= 4 is 11.8 Å². The van der Waals surface area contributed by atoms with Crippen LogP contribution in [-0.4, -0.2) is 41.1 Å². The van der Waals surface area contributed by atoms with Gasteiger partial charge in [-0.25, -0.2) is 4.79 Å². The molecule has 2 aliphatic heterocycles. The van der Waals surface area contributed by atoms with Gasteiger partial charge in [-0.1, -0.05) is 6.07 Å². The van der Waals surface area contributed by atoms with Crippen LogP contribution in [0.4, 0.5) is 0 Å². The minimum absolute atomic E-state index is 0.0659. The molecule has 19 heavy (non-hydrogen) atoms. The number of amidine groups is 1. The van der Waals surface area contributed by atoms with Crippen LogP contribution in [0.15, 0.2) is 40.7 Å². The first kappa shape index (κ1) is 11.7. The molecule has 0 saturated heterocycles. The molecular formula is C13H13N3O3. The molecule has 2 aliphatic rings.